The van der Waals surface area contributed by atoms with Crippen molar-refractivity contribution in [1.82, 2.24) is 0 Å². The molecule has 0 N–H and O–H groups in total. The highest BCUT2D eigenvalue weighted by Gasteiger charge is 2.19. The zero-order chi connectivity index (χ0) is 12.1. The molecule has 0 saturated carbocycles. The summed E-state index contributed by atoms with van der Waals surface area (Å²) in [5, 5.41) is 27.9. The smallest absolute Gasteiger partial charge is 0.274 e. The number of benzene rings is 1. The van der Waals surface area contributed by atoms with Gasteiger partial charge < -0.3 is 0 Å². The van der Waals surface area contributed by atoms with Gasteiger partial charge in [0.1, 0.15) is 0 Å². The maximum Gasteiger partial charge on any atom is 0.274 e. The van der Waals surface area contributed by atoms with Gasteiger partial charge in [-0.25, -0.2) is 0 Å². The molecule has 0 aliphatic heterocycles. The van der Waals surface area contributed by atoms with E-state index in [1.807, 2.05) is 0 Å². The van der Waals surface area contributed by atoms with Crippen LogP contribution in [-0.4, -0.2) is 11.2 Å². The first-order valence-corrected chi connectivity index (χ1v) is 4.18. The number of hydrogen-bond donors (Lipinski definition) is 0. The first-order valence-electron chi connectivity index (χ1n) is 4.18. The standard InChI is InChI=1S/C10H5N3O3/c11-4-3-8-9(6-14)7(5-12)1-2-10(8)13(15)16/h1-2,6H,3H2. The summed E-state index contributed by atoms with van der Waals surface area (Å²) in [6, 6.07) is 5.80. The van der Waals surface area contributed by atoms with Gasteiger partial charge in [0.15, 0.2) is 6.29 Å². The largest absolute Gasteiger partial charge is 0.298 e. The third kappa shape index (κ3) is 1.86. The van der Waals surface area contributed by atoms with Crippen LogP contribution in [0, 0.1) is 32.8 Å². The van der Waals surface area contributed by atoms with Crippen LogP contribution in [0.2, 0.25) is 0 Å². The zero-order valence-corrected chi connectivity index (χ0v) is 8.01. The summed E-state index contributed by atoms with van der Waals surface area (Å²) >= 11 is 0. The predicted molar refractivity (Wildman–Crippen MR) is 52.5 cm³/mol. The number of hydrogen-bond acceptors (Lipinski definition) is 5. The molecule has 0 aliphatic carbocycles. The zero-order valence-electron chi connectivity index (χ0n) is 8.01. The lowest BCUT2D eigenvalue weighted by Gasteiger charge is -2.03. The van der Waals surface area contributed by atoms with E-state index < -0.39 is 4.92 Å². The quantitative estimate of drug-likeness (QED) is 0.429. The highest BCUT2D eigenvalue weighted by Crippen LogP contribution is 2.24. The van der Waals surface area contributed by atoms with Crippen LogP contribution in [0.1, 0.15) is 21.5 Å². The van der Waals surface area contributed by atoms with E-state index in [0.29, 0.717) is 6.29 Å². The van der Waals surface area contributed by atoms with Gasteiger partial charge in [0.2, 0.25) is 0 Å². The predicted octanol–water partition coefficient (Wildman–Crippen LogP) is 1.35. The summed E-state index contributed by atoms with van der Waals surface area (Å²) in [7, 11) is 0. The highest BCUT2D eigenvalue weighted by molar-refractivity contribution is 5.83. The summed E-state index contributed by atoms with van der Waals surface area (Å²) in [4.78, 5) is 20.8. The van der Waals surface area contributed by atoms with Gasteiger partial charge in [0, 0.05) is 11.6 Å². The van der Waals surface area contributed by atoms with E-state index >= 15 is 0 Å². The maximum atomic E-state index is 10.8. The minimum Gasteiger partial charge on any atom is -0.298 e. The number of aldehydes is 1. The molecule has 1 rings (SSSR count). The number of rotatable bonds is 3. The molecule has 0 spiro atoms. The fourth-order valence-electron chi connectivity index (χ4n) is 1.32. The van der Waals surface area contributed by atoms with E-state index in [0.717, 1.165) is 6.07 Å². The molecule has 1 aromatic carbocycles. The molecular weight excluding hydrogens is 210 g/mol. The van der Waals surface area contributed by atoms with Crippen LogP contribution >= 0.6 is 0 Å². The Morgan fingerprint density at radius 2 is 2.12 bits per heavy atom. The first kappa shape index (κ1) is 11.3. The van der Waals surface area contributed by atoms with Crippen molar-refractivity contribution in [3.8, 4) is 12.1 Å². The fourth-order valence-corrected chi connectivity index (χ4v) is 1.32. The lowest BCUT2D eigenvalue weighted by molar-refractivity contribution is -0.385. The van der Waals surface area contributed by atoms with E-state index in [-0.39, 0.29) is 28.8 Å². The molecule has 78 valence electrons. The van der Waals surface area contributed by atoms with Gasteiger partial charge in [-0.3, -0.25) is 14.9 Å². The number of nitro groups is 1. The number of carbonyl (C=O) groups excluding carboxylic acids is 1. The SMILES string of the molecule is N#CCc1c([N+](=O)[O-])ccc(C#N)c1C=O. The highest BCUT2D eigenvalue weighted by atomic mass is 16.6. The summed E-state index contributed by atoms with van der Waals surface area (Å²) in [6.07, 6.45) is 0.0815. The van der Waals surface area contributed by atoms with Crippen molar-refractivity contribution in [1.29, 1.82) is 10.5 Å². The molecule has 0 unspecified atom stereocenters. The van der Waals surface area contributed by atoms with Crippen molar-refractivity contribution in [2.45, 2.75) is 6.42 Å². The summed E-state index contributed by atoms with van der Waals surface area (Å²) in [6.45, 7) is 0. The third-order valence-corrected chi connectivity index (χ3v) is 2.02. The second kappa shape index (κ2) is 4.67. The molecule has 0 fully saturated rings. The Balaban J connectivity index is 3.59. The molecule has 6 nitrogen and oxygen atoms in total. The van der Waals surface area contributed by atoms with Gasteiger partial charge in [0.25, 0.3) is 5.69 Å². The Labute approximate surface area is 90.5 Å². The molecule has 0 heterocycles. The minimum atomic E-state index is -0.680. The van der Waals surface area contributed by atoms with E-state index in [1.165, 1.54) is 6.07 Å². The van der Waals surface area contributed by atoms with Gasteiger partial charge in [-0.1, -0.05) is 0 Å². The number of nitrogens with zero attached hydrogens (tertiary/aromatic N) is 3. The maximum absolute atomic E-state index is 10.8. The van der Waals surface area contributed by atoms with E-state index in [1.54, 1.807) is 12.1 Å². The molecule has 0 bridgehead atoms. The average molecular weight is 215 g/mol. The Kier molecular flexibility index (Phi) is 3.31. The Morgan fingerprint density at radius 3 is 2.56 bits per heavy atom. The number of nitriles is 2. The molecule has 1 aromatic rings. The van der Waals surface area contributed by atoms with Crippen LogP contribution < -0.4 is 0 Å². The average Bonchev–Trinajstić information content (AvgIpc) is 2.28. The summed E-state index contributed by atoms with van der Waals surface area (Å²) in [5.41, 5.74) is -0.381. The molecular formula is C10H5N3O3. The van der Waals surface area contributed by atoms with Crippen molar-refractivity contribution in [2.75, 3.05) is 0 Å². The molecule has 0 aliphatic rings. The minimum absolute atomic E-state index is 0.0125. The molecule has 0 atom stereocenters. The molecule has 0 aromatic heterocycles. The van der Waals surface area contributed by atoms with Crippen LogP contribution in [0.5, 0.6) is 0 Å². The number of carbonyl (C=O) groups is 1. The van der Waals surface area contributed by atoms with Gasteiger partial charge in [0.05, 0.1) is 34.6 Å². The van der Waals surface area contributed by atoms with Gasteiger partial charge in [-0.2, -0.15) is 10.5 Å². The lowest BCUT2D eigenvalue weighted by atomic mass is 9.99. The van der Waals surface area contributed by atoms with Crippen molar-refractivity contribution >= 4 is 12.0 Å². The van der Waals surface area contributed by atoms with Gasteiger partial charge in [-0.15, -0.1) is 0 Å². The van der Waals surface area contributed by atoms with Crippen LogP contribution in [-0.2, 0) is 6.42 Å². The van der Waals surface area contributed by atoms with Crippen molar-refractivity contribution in [3.05, 3.63) is 38.9 Å². The van der Waals surface area contributed by atoms with Crippen molar-refractivity contribution < 1.29 is 9.72 Å². The van der Waals surface area contributed by atoms with Crippen LogP contribution in [0.4, 0.5) is 5.69 Å². The monoisotopic (exact) mass is 215 g/mol. The second-order valence-corrected chi connectivity index (χ2v) is 2.85. The van der Waals surface area contributed by atoms with E-state index in [9.17, 15) is 14.9 Å². The molecule has 0 radical (unpaired) electrons. The Hall–Kier alpha value is -2.73. The second-order valence-electron chi connectivity index (χ2n) is 2.85. The lowest BCUT2D eigenvalue weighted by Crippen LogP contribution is -2.02. The fraction of sp³-hybridized carbons (Fsp3) is 0.100. The molecule has 0 saturated heterocycles. The van der Waals surface area contributed by atoms with E-state index in [2.05, 4.69) is 0 Å². The van der Waals surface area contributed by atoms with Crippen molar-refractivity contribution in [3.63, 3.8) is 0 Å². The molecule has 6 heteroatoms. The Bertz CT molecular complexity index is 537. The van der Waals surface area contributed by atoms with Crippen LogP contribution in [0.15, 0.2) is 12.1 Å². The topological polar surface area (TPSA) is 108 Å². The normalized spacial score (nSPS) is 8.88. The van der Waals surface area contributed by atoms with Crippen molar-refractivity contribution in [2.24, 2.45) is 0 Å². The van der Waals surface area contributed by atoms with Gasteiger partial charge in [-0.05, 0) is 6.07 Å². The summed E-state index contributed by atoms with van der Waals surface area (Å²) < 4.78 is 0. The Morgan fingerprint density at radius 1 is 1.44 bits per heavy atom. The van der Waals surface area contributed by atoms with Crippen LogP contribution in [0.25, 0.3) is 0 Å². The summed E-state index contributed by atoms with van der Waals surface area (Å²) in [5.74, 6) is 0. The first-order chi connectivity index (χ1) is 7.65. The van der Waals surface area contributed by atoms with Gasteiger partial charge >= 0.3 is 0 Å². The third-order valence-electron chi connectivity index (χ3n) is 2.02. The molecule has 16 heavy (non-hydrogen) atoms. The number of nitro benzene ring substituents is 1. The van der Waals surface area contributed by atoms with Crippen LogP contribution in [0.3, 0.4) is 0 Å². The van der Waals surface area contributed by atoms with E-state index in [4.69, 9.17) is 10.5 Å². The molecule has 0 amide bonds.